The van der Waals surface area contributed by atoms with Crippen LogP contribution in [-0.2, 0) is 13.0 Å². The first-order chi connectivity index (χ1) is 14.7. The predicted molar refractivity (Wildman–Crippen MR) is 114 cm³/mol. The minimum atomic E-state index is -0.374. The maximum Gasteiger partial charge on any atom is 0.256 e. The Morgan fingerprint density at radius 1 is 1.17 bits per heavy atom. The van der Waals surface area contributed by atoms with Gasteiger partial charge in [-0.1, -0.05) is 18.2 Å². The van der Waals surface area contributed by atoms with Crippen LogP contribution >= 0.6 is 0 Å². The van der Waals surface area contributed by atoms with Gasteiger partial charge in [0.2, 0.25) is 12.2 Å². The van der Waals surface area contributed by atoms with Gasteiger partial charge in [-0.05, 0) is 31.0 Å². The first-order valence-electron chi connectivity index (χ1n) is 9.95. The molecule has 1 aliphatic heterocycles. The highest BCUT2D eigenvalue weighted by Crippen LogP contribution is 2.35. The molecule has 2 N–H and O–H groups in total. The molecule has 0 saturated carbocycles. The fourth-order valence-corrected chi connectivity index (χ4v) is 3.95. The molecular weight excluding hydrogens is 382 g/mol. The molecule has 152 valence electrons. The maximum atomic E-state index is 13.0. The van der Waals surface area contributed by atoms with Crippen LogP contribution in [0, 0.1) is 0 Å². The number of carbonyl (C=O) groups is 1. The van der Waals surface area contributed by atoms with E-state index in [0.29, 0.717) is 36.4 Å². The molecule has 0 radical (unpaired) electrons. The number of carbonyl (C=O) groups excluding carboxylic acids is 1. The van der Waals surface area contributed by atoms with Crippen LogP contribution in [0.4, 0.5) is 0 Å². The summed E-state index contributed by atoms with van der Waals surface area (Å²) in [5, 5.41) is 4.48. The third-order valence-electron chi connectivity index (χ3n) is 5.51. The lowest BCUT2D eigenvalue weighted by atomic mass is 10.1. The van der Waals surface area contributed by atoms with Crippen molar-refractivity contribution in [1.29, 1.82) is 0 Å². The average Bonchev–Trinajstić information content (AvgIpc) is 3.39. The SMILES string of the molecule is CCn1cc(C(=O)NCCc2c[nH]c3ccccc23)c(=O)c2cc3c(cc21)OCO3. The van der Waals surface area contributed by atoms with Crippen LogP contribution in [0.2, 0.25) is 0 Å². The molecule has 4 aromatic rings. The van der Waals surface area contributed by atoms with Crippen molar-refractivity contribution in [1.82, 2.24) is 14.9 Å². The van der Waals surface area contributed by atoms with Gasteiger partial charge in [-0.2, -0.15) is 0 Å². The molecule has 2 aromatic carbocycles. The smallest absolute Gasteiger partial charge is 0.256 e. The summed E-state index contributed by atoms with van der Waals surface area (Å²) in [6, 6.07) is 11.5. The molecule has 1 aliphatic rings. The Hall–Kier alpha value is -3.74. The van der Waals surface area contributed by atoms with Crippen molar-refractivity contribution >= 4 is 27.7 Å². The van der Waals surface area contributed by atoms with Crippen LogP contribution in [0.25, 0.3) is 21.8 Å². The van der Waals surface area contributed by atoms with Crippen molar-refractivity contribution in [3.05, 3.63) is 70.1 Å². The van der Waals surface area contributed by atoms with E-state index >= 15 is 0 Å². The zero-order chi connectivity index (χ0) is 20.7. The van der Waals surface area contributed by atoms with Gasteiger partial charge in [0.15, 0.2) is 11.5 Å². The van der Waals surface area contributed by atoms with Gasteiger partial charge in [0, 0.05) is 42.5 Å². The second kappa shape index (κ2) is 7.26. The fourth-order valence-electron chi connectivity index (χ4n) is 3.95. The molecule has 5 rings (SSSR count). The number of rotatable bonds is 5. The van der Waals surface area contributed by atoms with E-state index in [-0.39, 0.29) is 23.7 Å². The van der Waals surface area contributed by atoms with E-state index in [1.165, 1.54) is 0 Å². The average molecular weight is 403 g/mol. The number of aromatic amines is 1. The lowest BCUT2D eigenvalue weighted by Gasteiger charge is -2.12. The van der Waals surface area contributed by atoms with E-state index in [2.05, 4.69) is 16.4 Å². The van der Waals surface area contributed by atoms with Gasteiger partial charge >= 0.3 is 0 Å². The van der Waals surface area contributed by atoms with Crippen LogP contribution in [0.1, 0.15) is 22.8 Å². The van der Waals surface area contributed by atoms with Gasteiger partial charge < -0.3 is 24.3 Å². The summed E-state index contributed by atoms with van der Waals surface area (Å²) in [7, 11) is 0. The molecule has 0 aliphatic carbocycles. The number of aromatic nitrogens is 2. The van der Waals surface area contributed by atoms with Crippen molar-refractivity contribution in [3.8, 4) is 11.5 Å². The normalized spacial score (nSPS) is 12.6. The highest BCUT2D eigenvalue weighted by atomic mass is 16.7. The van der Waals surface area contributed by atoms with Crippen molar-refractivity contribution in [2.75, 3.05) is 13.3 Å². The number of amides is 1. The summed E-state index contributed by atoms with van der Waals surface area (Å²) in [6.07, 6.45) is 4.25. The van der Waals surface area contributed by atoms with E-state index in [1.807, 2.05) is 35.9 Å². The minimum absolute atomic E-state index is 0.127. The lowest BCUT2D eigenvalue weighted by molar-refractivity contribution is 0.0952. The number of para-hydroxylation sites is 1. The van der Waals surface area contributed by atoms with E-state index in [9.17, 15) is 9.59 Å². The zero-order valence-electron chi connectivity index (χ0n) is 16.5. The molecule has 7 heteroatoms. The quantitative estimate of drug-likeness (QED) is 0.536. The maximum absolute atomic E-state index is 13.0. The molecular formula is C23H21N3O4. The Morgan fingerprint density at radius 2 is 1.97 bits per heavy atom. The first kappa shape index (κ1) is 18.3. The van der Waals surface area contributed by atoms with E-state index in [1.54, 1.807) is 18.3 Å². The number of H-pyrrole nitrogens is 1. The monoisotopic (exact) mass is 403 g/mol. The van der Waals surface area contributed by atoms with Crippen LogP contribution in [0.15, 0.2) is 53.6 Å². The molecule has 0 atom stereocenters. The summed E-state index contributed by atoms with van der Waals surface area (Å²) < 4.78 is 12.7. The van der Waals surface area contributed by atoms with Crippen molar-refractivity contribution in [2.45, 2.75) is 19.9 Å². The van der Waals surface area contributed by atoms with Gasteiger partial charge in [-0.25, -0.2) is 0 Å². The molecule has 0 saturated heterocycles. The number of hydrogen-bond acceptors (Lipinski definition) is 4. The minimum Gasteiger partial charge on any atom is -0.454 e. The second-order valence-electron chi connectivity index (χ2n) is 7.25. The summed E-state index contributed by atoms with van der Waals surface area (Å²) in [5.41, 5.74) is 2.74. The third-order valence-corrected chi connectivity index (χ3v) is 5.51. The van der Waals surface area contributed by atoms with Crippen molar-refractivity contribution < 1.29 is 14.3 Å². The Morgan fingerprint density at radius 3 is 2.80 bits per heavy atom. The topological polar surface area (TPSA) is 85.4 Å². The van der Waals surface area contributed by atoms with Crippen LogP contribution in [0.5, 0.6) is 11.5 Å². The number of hydrogen-bond donors (Lipinski definition) is 2. The van der Waals surface area contributed by atoms with E-state index in [0.717, 1.165) is 22.0 Å². The molecule has 0 unspecified atom stereocenters. The van der Waals surface area contributed by atoms with Gasteiger partial charge in [0.25, 0.3) is 5.91 Å². The highest BCUT2D eigenvalue weighted by Gasteiger charge is 2.20. The number of nitrogens with zero attached hydrogens (tertiary/aromatic N) is 1. The number of fused-ring (bicyclic) bond motifs is 3. The van der Waals surface area contributed by atoms with Crippen molar-refractivity contribution in [3.63, 3.8) is 0 Å². The third kappa shape index (κ3) is 2.99. The number of ether oxygens (including phenoxy) is 2. The lowest BCUT2D eigenvalue weighted by Crippen LogP contribution is -2.31. The van der Waals surface area contributed by atoms with E-state index in [4.69, 9.17) is 9.47 Å². The van der Waals surface area contributed by atoms with Gasteiger partial charge in [-0.3, -0.25) is 9.59 Å². The number of pyridine rings is 1. The predicted octanol–water partition coefficient (Wildman–Crippen LogP) is 3.20. The van der Waals surface area contributed by atoms with Crippen molar-refractivity contribution in [2.24, 2.45) is 0 Å². The molecule has 1 amide bonds. The van der Waals surface area contributed by atoms with Crippen LogP contribution in [-0.4, -0.2) is 28.8 Å². The summed E-state index contributed by atoms with van der Waals surface area (Å²) in [4.78, 5) is 29.1. The Balaban J connectivity index is 1.41. The first-order valence-corrected chi connectivity index (χ1v) is 9.95. The summed E-state index contributed by atoms with van der Waals surface area (Å²) >= 11 is 0. The Labute approximate surface area is 172 Å². The molecule has 0 spiro atoms. The standard InChI is InChI=1S/C23H21N3O4/c1-2-26-12-17(22(27)16-9-20-21(10-19(16)26)30-13-29-20)23(28)24-8-7-14-11-25-18-6-4-3-5-15(14)18/h3-6,9-12,25H,2,7-8,13H2,1H3,(H,24,28). The van der Waals surface area contributed by atoms with Gasteiger partial charge in [-0.15, -0.1) is 0 Å². The van der Waals surface area contributed by atoms with Crippen LogP contribution in [0.3, 0.4) is 0 Å². The molecule has 30 heavy (non-hydrogen) atoms. The largest absolute Gasteiger partial charge is 0.454 e. The fraction of sp³-hybridized carbons (Fsp3) is 0.217. The Bertz CT molecular complexity index is 1340. The van der Waals surface area contributed by atoms with Gasteiger partial charge in [0.05, 0.1) is 10.9 Å². The zero-order valence-corrected chi connectivity index (χ0v) is 16.5. The number of aryl methyl sites for hydroxylation is 1. The molecule has 2 aromatic heterocycles. The highest BCUT2D eigenvalue weighted by molar-refractivity contribution is 5.98. The van der Waals surface area contributed by atoms with E-state index < -0.39 is 0 Å². The molecule has 0 bridgehead atoms. The summed E-state index contributed by atoms with van der Waals surface area (Å²) in [6.45, 7) is 3.15. The Kier molecular flexibility index (Phi) is 4.43. The van der Waals surface area contributed by atoms with Crippen LogP contribution < -0.4 is 20.2 Å². The summed E-state index contributed by atoms with van der Waals surface area (Å²) in [5.74, 6) is 0.765. The molecule has 3 heterocycles. The number of nitrogens with one attached hydrogen (secondary N) is 2. The van der Waals surface area contributed by atoms with Gasteiger partial charge in [0.1, 0.15) is 5.56 Å². The second-order valence-corrected chi connectivity index (χ2v) is 7.25. The molecule has 7 nitrogen and oxygen atoms in total. The number of benzene rings is 2. The molecule has 0 fully saturated rings.